The van der Waals surface area contributed by atoms with E-state index in [2.05, 4.69) is 15.2 Å². The van der Waals surface area contributed by atoms with E-state index in [1.54, 1.807) is 18.5 Å². The van der Waals surface area contributed by atoms with Gasteiger partial charge in [0.05, 0.1) is 6.20 Å². The molecule has 0 saturated carbocycles. The number of carbonyl (C=O) groups is 1. The number of aromatic nitrogens is 1. The second-order valence-electron chi connectivity index (χ2n) is 4.41. The average Bonchev–Trinajstić information content (AvgIpc) is 2.63. The van der Waals surface area contributed by atoms with Crippen molar-refractivity contribution in [2.45, 2.75) is 12.0 Å². The van der Waals surface area contributed by atoms with E-state index in [-0.39, 0.29) is 5.91 Å². The Morgan fingerprint density at radius 1 is 1.62 bits per heavy atom. The van der Waals surface area contributed by atoms with Gasteiger partial charge in [0, 0.05) is 31.8 Å². The maximum absolute atomic E-state index is 12.0. The van der Waals surface area contributed by atoms with Crippen LogP contribution < -0.4 is 10.1 Å². The number of likely N-dealkylation sites (tertiary alicyclic amines) is 1. The molecule has 3 heterocycles. The van der Waals surface area contributed by atoms with Gasteiger partial charge in [0.25, 0.3) is 5.91 Å². The van der Waals surface area contributed by atoms with Crippen LogP contribution in [0.2, 0.25) is 0 Å². The number of nitrogens with one attached hydrogen (secondary N) is 1. The highest BCUT2D eigenvalue weighted by Crippen LogP contribution is 2.36. The second-order valence-corrected chi connectivity index (χ2v) is 4.41. The molecule has 3 rings (SSSR count). The fraction of sp³-hybridized carbons (Fsp3) is 0.455. The zero-order valence-electron chi connectivity index (χ0n) is 9.06. The molecule has 5 nitrogen and oxygen atoms in total. The monoisotopic (exact) mass is 219 g/mol. The molecule has 1 unspecified atom stereocenters. The maximum Gasteiger partial charge on any atom is 0.270 e. The Kier molecular flexibility index (Phi) is 1.91. The molecule has 1 amide bonds. The van der Waals surface area contributed by atoms with E-state index >= 15 is 0 Å². The number of hydrogen-bond donors (Lipinski definition) is 1. The predicted molar refractivity (Wildman–Crippen MR) is 58.3 cm³/mol. The third-order valence-electron chi connectivity index (χ3n) is 3.17. The second kappa shape index (κ2) is 3.18. The van der Waals surface area contributed by atoms with Crippen molar-refractivity contribution in [3.63, 3.8) is 0 Å². The van der Waals surface area contributed by atoms with Crippen molar-refractivity contribution in [3.8, 4) is 5.75 Å². The molecule has 0 aliphatic carbocycles. The Morgan fingerprint density at radius 2 is 2.50 bits per heavy atom. The number of ether oxygens (including phenoxy) is 1. The zero-order valence-corrected chi connectivity index (χ0v) is 9.06. The van der Waals surface area contributed by atoms with Gasteiger partial charge in [0.2, 0.25) is 5.60 Å². The molecule has 0 bridgehead atoms. The zero-order chi connectivity index (χ0) is 11.2. The van der Waals surface area contributed by atoms with Gasteiger partial charge >= 0.3 is 0 Å². The Morgan fingerprint density at radius 3 is 3.25 bits per heavy atom. The Balaban J connectivity index is 1.98. The Bertz CT molecular complexity index is 449. The van der Waals surface area contributed by atoms with Crippen molar-refractivity contribution in [2.24, 2.45) is 0 Å². The van der Waals surface area contributed by atoms with E-state index in [9.17, 15) is 4.79 Å². The number of likely N-dealkylation sites (N-methyl/N-ethyl adjacent to an activating group) is 1. The molecule has 16 heavy (non-hydrogen) atoms. The lowest BCUT2D eigenvalue weighted by atomic mass is 10.00. The highest BCUT2D eigenvalue weighted by molar-refractivity contribution is 6.01. The minimum absolute atomic E-state index is 0.0580. The molecule has 1 atom stereocenters. The van der Waals surface area contributed by atoms with Crippen LogP contribution in [0.4, 0.5) is 5.69 Å². The third-order valence-corrected chi connectivity index (χ3v) is 3.17. The number of rotatable bonds is 0. The smallest absolute Gasteiger partial charge is 0.270 e. The summed E-state index contributed by atoms with van der Waals surface area (Å²) >= 11 is 0. The van der Waals surface area contributed by atoms with Gasteiger partial charge in [-0.1, -0.05) is 0 Å². The van der Waals surface area contributed by atoms with Crippen molar-refractivity contribution in [1.82, 2.24) is 9.88 Å². The molecule has 2 aliphatic rings. The third kappa shape index (κ3) is 1.28. The van der Waals surface area contributed by atoms with Gasteiger partial charge in [-0.2, -0.15) is 0 Å². The number of hydrogen-bond acceptors (Lipinski definition) is 4. The van der Waals surface area contributed by atoms with E-state index < -0.39 is 5.60 Å². The standard InChI is InChI=1S/C11H13N3O2/c1-14-5-3-11(7-14)10(15)13-8-6-12-4-2-9(8)16-11/h2,4,6H,3,5,7H2,1H3,(H,13,15). The summed E-state index contributed by atoms with van der Waals surface area (Å²) in [5.74, 6) is 0.655. The molecule has 1 aromatic heterocycles. The van der Waals surface area contributed by atoms with Crippen LogP contribution >= 0.6 is 0 Å². The minimum Gasteiger partial charge on any atom is -0.474 e. The van der Waals surface area contributed by atoms with Crippen molar-refractivity contribution in [1.29, 1.82) is 0 Å². The van der Waals surface area contributed by atoms with E-state index in [0.717, 1.165) is 13.0 Å². The average molecular weight is 219 g/mol. The van der Waals surface area contributed by atoms with Gasteiger partial charge in [0.15, 0.2) is 0 Å². The summed E-state index contributed by atoms with van der Waals surface area (Å²) in [7, 11) is 1.99. The van der Waals surface area contributed by atoms with Crippen molar-refractivity contribution >= 4 is 11.6 Å². The molecule has 5 heteroatoms. The van der Waals surface area contributed by atoms with Crippen LogP contribution in [-0.4, -0.2) is 41.5 Å². The molecule has 1 N–H and O–H groups in total. The molecule has 0 radical (unpaired) electrons. The molecule has 1 fully saturated rings. The summed E-state index contributed by atoms with van der Waals surface area (Å²) in [5.41, 5.74) is -0.0454. The molecular formula is C11H13N3O2. The van der Waals surface area contributed by atoms with E-state index in [1.807, 2.05) is 7.05 Å². The predicted octanol–water partition coefficient (Wildman–Crippen LogP) is 0.487. The summed E-state index contributed by atoms with van der Waals surface area (Å²) in [5, 5.41) is 2.86. The SMILES string of the molecule is CN1CCC2(C1)Oc1ccncc1NC2=O. The van der Waals surface area contributed by atoms with Gasteiger partial charge < -0.3 is 15.0 Å². The molecule has 1 saturated heterocycles. The quantitative estimate of drug-likeness (QED) is 0.690. The lowest BCUT2D eigenvalue weighted by Crippen LogP contribution is -2.52. The summed E-state index contributed by atoms with van der Waals surface area (Å²) in [6.07, 6.45) is 4.01. The van der Waals surface area contributed by atoms with Crippen molar-refractivity contribution < 1.29 is 9.53 Å². The number of carbonyl (C=O) groups excluding carboxylic acids is 1. The number of pyridine rings is 1. The fourth-order valence-corrected chi connectivity index (χ4v) is 2.29. The van der Waals surface area contributed by atoms with Crippen LogP contribution in [0.1, 0.15) is 6.42 Å². The van der Waals surface area contributed by atoms with E-state index in [4.69, 9.17) is 4.74 Å². The number of amides is 1. The van der Waals surface area contributed by atoms with Gasteiger partial charge in [-0.3, -0.25) is 9.78 Å². The van der Waals surface area contributed by atoms with Crippen LogP contribution in [-0.2, 0) is 4.79 Å². The van der Waals surface area contributed by atoms with Gasteiger partial charge in [-0.25, -0.2) is 0 Å². The largest absolute Gasteiger partial charge is 0.474 e. The highest BCUT2D eigenvalue weighted by atomic mass is 16.5. The van der Waals surface area contributed by atoms with Crippen LogP contribution in [0.3, 0.4) is 0 Å². The summed E-state index contributed by atoms with van der Waals surface area (Å²) in [6, 6.07) is 1.79. The summed E-state index contributed by atoms with van der Waals surface area (Å²) in [4.78, 5) is 18.1. The van der Waals surface area contributed by atoms with Crippen LogP contribution in [0.15, 0.2) is 18.5 Å². The Labute approximate surface area is 93.4 Å². The first-order valence-corrected chi connectivity index (χ1v) is 5.33. The molecular weight excluding hydrogens is 206 g/mol. The topological polar surface area (TPSA) is 54.5 Å². The molecule has 1 aromatic rings. The first kappa shape index (κ1) is 9.59. The van der Waals surface area contributed by atoms with Crippen LogP contribution in [0.25, 0.3) is 0 Å². The molecule has 84 valence electrons. The maximum atomic E-state index is 12.0. The van der Waals surface area contributed by atoms with Crippen molar-refractivity contribution in [2.75, 3.05) is 25.5 Å². The Hall–Kier alpha value is -1.62. The van der Waals surface area contributed by atoms with Crippen molar-refractivity contribution in [3.05, 3.63) is 18.5 Å². The fourth-order valence-electron chi connectivity index (χ4n) is 2.29. The first-order chi connectivity index (χ1) is 7.70. The lowest BCUT2D eigenvalue weighted by molar-refractivity contribution is -0.131. The van der Waals surface area contributed by atoms with Crippen LogP contribution in [0.5, 0.6) is 5.75 Å². The molecule has 1 spiro atoms. The number of nitrogens with zero attached hydrogens (tertiary/aromatic N) is 2. The highest BCUT2D eigenvalue weighted by Gasteiger charge is 2.48. The summed E-state index contributed by atoms with van der Waals surface area (Å²) in [6.45, 7) is 1.52. The number of anilines is 1. The first-order valence-electron chi connectivity index (χ1n) is 5.33. The van der Waals surface area contributed by atoms with Crippen LogP contribution in [0, 0.1) is 0 Å². The van der Waals surface area contributed by atoms with Gasteiger partial charge in [-0.05, 0) is 7.05 Å². The minimum atomic E-state index is -0.705. The van der Waals surface area contributed by atoms with E-state index in [0.29, 0.717) is 18.0 Å². The normalized spacial score (nSPS) is 28.7. The molecule has 2 aliphatic heterocycles. The summed E-state index contributed by atoms with van der Waals surface area (Å²) < 4.78 is 5.87. The number of fused-ring (bicyclic) bond motifs is 1. The van der Waals surface area contributed by atoms with E-state index in [1.165, 1.54) is 0 Å². The molecule has 0 aromatic carbocycles. The van der Waals surface area contributed by atoms with Gasteiger partial charge in [0.1, 0.15) is 11.4 Å². The lowest BCUT2D eigenvalue weighted by Gasteiger charge is -2.33. The van der Waals surface area contributed by atoms with Gasteiger partial charge in [-0.15, -0.1) is 0 Å².